The molecule has 22 heavy (non-hydrogen) atoms. The van der Waals surface area contributed by atoms with Crippen LogP contribution in [0.3, 0.4) is 0 Å². The first-order valence-electron chi connectivity index (χ1n) is 7.74. The third-order valence-corrected chi connectivity index (χ3v) is 3.97. The van der Waals surface area contributed by atoms with Crippen molar-refractivity contribution < 1.29 is 0 Å². The number of hydrogen-bond acceptors (Lipinski definition) is 4. The fourth-order valence-corrected chi connectivity index (χ4v) is 2.71. The highest BCUT2D eigenvalue weighted by Crippen LogP contribution is 2.14. The number of aryl methyl sites for hydroxylation is 2. The van der Waals surface area contributed by atoms with Crippen LogP contribution in [0.4, 0.5) is 0 Å². The standard InChI is InChI=1S/C15H25N5O2/c1-6-19-13-12(18(5)11(17-13)7-9(2)3)14(21)20(15(19)22)10(4)8-16/h9-10H,6-8,16H2,1-5H3. The van der Waals surface area contributed by atoms with Gasteiger partial charge in [-0.05, 0) is 19.8 Å². The van der Waals surface area contributed by atoms with E-state index >= 15 is 0 Å². The number of imidazole rings is 1. The molecule has 0 saturated heterocycles. The third-order valence-electron chi connectivity index (χ3n) is 3.97. The van der Waals surface area contributed by atoms with E-state index in [1.807, 2.05) is 18.5 Å². The highest BCUT2D eigenvalue weighted by atomic mass is 16.2. The van der Waals surface area contributed by atoms with E-state index in [9.17, 15) is 9.59 Å². The van der Waals surface area contributed by atoms with Crippen LogP contribution in [-0.2, 0) is 20.0 Å². The molecule has 2 rings (SSSR count). The molecule has 7 heteroatoms. The van der Waals surface area contributed by atoms with Crippen LogP contribution in [0.5, 0.6) is 0 Å². The maximum atomic E-state index is 12.8. The van der Waals surface area contributed by atoms with Crippen molar-refractivity contribution in [2.45, 2.75) is 46.7 Å². The minimum Gasteiger partial charge on any atom is -0.328 e. The summed E-state index contributed by atoms with van der Waals surface area (Å²) in [7, 11) is 1.83. The van der Waals surface area contributed by atoms with Crippen LogP contribution in [-0.4, -0.2) is 25.2 Å². The Morgan fingerprint density at radius 3 is 2.36 bits per heavy atom. The summed E-state index contributed by atoms with van der Waals surface area (Å²) in [6.07, 6.45) is 0.759. The minimum absolute atomic E-state index is 0.237. The fourth-order valence-electron chi connectivity index (χ4n) is 2.71. The van der Waals surface area contributed by atoms with Gasteiger partial charge in [-0.15, -0.1) is 0 Å². The van der Waals surface area contributed by atoms with Gasteiger partial charge in [-0.1, -0.05) is 13.8 Å². The monoisotopic (exact) mass is 307 g/mol. The molecule has 122 valence electrons. The number of rotatable bonds is 5. The van der Waals surface area contributed by atoms with Gasteiger partial charge in [0.15, 0.2) is 11.2 Å². The second kappa shape index (κ2) is 6.08. The number of hydrogen-bond donors (Lipinski definition) is 1. The first-order valence-corrected chi connectivity index (χ1v) is 7.74. The molecule has 7 nitrogen and oxygen atoms in total. The molecule has 2 aromatic heterocycles. The molecule has 1 atom stereocenters. The number of fused-ring (bicyclic) bond motifs is 1. The van der Waals surface area contributed by atoms with Gasteiger partial charge in [0, 0.05) is 26.6 Å². The molecule has 0 aromatic carbocycles. The van der Waals surface area contributed by atoms with Gasteiger partial charge in [-0.2, -0.15) is 0 Å². The highest BCUT2D eigenvalue weighted by molar-refractivity contribution is 5.71. The summed E-state index contributed by atoms with van der Waals surface area (Å²) in [4.78, 5) is 29.9. The molecule has 0 fully saturated rings. The Balaban J connectivity index is 2.90. The molecule has 1 unspecified atom stereocenters. The van der Waals surface area contributed by atoms with Crippen molar-refractivity contribution in [1.29, 1.82) is 0 Å². The molecule has 0 saturated carbocycles. The SMILES string of the molecule is CCn1c(=O)n(C(C)CN)c(=O)c2c1nc(CC(C)C)n2C. The molecule has 0 aliphatic carbocycles. The van der Waals surface area contributed by atoms with Gasteiger partial charge in [0.1, 0.15) is 5.82 Å². The number of aromatic nitrogens is 4. The molecular weight excluding hydrogens is 282 g/mol. The maximum Gasteiger partial charge on any atom is 0.333 e. The van der Waals surface area contributed by atoms with E-state index < -0.39 is 0 Å². The van der Waals surface area contributed by atoms with Crippen LogP contribution in [0.25, 0.3) is 11.2 Å². The first kappa shape index (κ1) is 16.5. The van der Waals surface area contributed by atoms with E-state index in [-0.39, 0.29) is 23.8 Å². The molecule has 0 spiro atoms. The zero-order valence-electron chi connectivity index (χ0n) is 14.0. The van der Waals surface area contributed by atoms with E-state index in [2.05, 4.69) is 18.8 Å². The summed E-state index contributed by atoms with van der Waals surface area (Å²) >= 11 is 0. The van der Waals surface area contributed by atoms with Crippen LogP contribution in [0, 0.1) is 5.92 Å². The Bertz CT molecular complexity index is 797. The maximum absolute atomic E-state index is 12.8. The average molecular weight is 307 g/mol. The summed E-state index contributed by atoms with van der Waals surface area (Å²) in [5, 5.41) is 0. The van der Waals surface area contributed by atoms with Crippen molar-refractivity contribution in [3.63, 3.8) is 0 Å². The van der Waals surface area contributed by atoms with Crippen LogP contribution in [0.1, 0.15) is 39.6 Å². The second-order valence-corrected chi connectivity index (χ2v) is 6.14. The molecule has 2 heterocycles. The van der Waals surface area contributed by atoms with E-state index in [0.717, 1.165) is 12.2 Å². The molecule has 0 radical (unpaired) electrons. The van der Waals surface area contributed by atoms with E-state index in [0.29, 0.717) is 23.6 Å². The van der Waals surface area contributed by atoms with Crippen molar-refractivity contribution in [1.82, 2.24) is 18.7 Å². The van der Waals surface area contributed by atoms with Gasteiger partial charge in [0.05, 0.1) is 6.04 Å². The predicted molar refractivity (Wildman–Crippen MR) is 87.2 cm³/mol. The molecule has 0 aliphatic rings. The molecule has 0 aliphatic heterocycles. The molecule has 2 N–H and O–H groups in total. The number of nitrogens with two attached hydrogens (primary N) is 1. The summed E-state index contributed by atoms with van der Waals surface area (Å²) in [5.74, 6) is 1.24. The summed E-state index contributed by atoms with van der Waals surface area (Å²) in [6, 6.07) is -0.342. The average Bonchev–Trinajstić information content (AvgIpc) is 2.75. The second-order valence-electron chi connectivity index (χ2n) is 6.14. The van der Waals surface area contributed by atoms with Gasteiger partial charge in [0.2, 0.25) is 0 Å². The molecule has 0 amide bonds. The van der Waals surface area contributed by atoms with Crippen molar-refractivity contribution in [2.75, 3.05) is 6.54 Å². The zero-order chi connectivity index (χ0) is 16.6. The van der Waals surface area contributed by atoms with Crippen LogP contribution >= 0.6 is 0 Å². The van der Waals surface area contributed by atoms with Gasteiger partial charge >= 0.3 is 5.69 Å². The zero-order valence-corrected chi connectivity index (χ0v) is 14.0. The quantitative estimate of drug-likeness (QED) is 0.878. The summed E-state index contributed by atoms with van der Waals surface area (Å²) < 4.78 is 4.60. The van der Waals surface area contributed by atoms with Crippen LogP contribution in [0.2, 0.25) is 0 Å². The predicted octanol–water partition coefficient (Wildman–Crippen LogP) is 0.635. The lowest BCUT2D eigenvalue weighted by Gasteiger charge is -2.14. The number of nitrogens with zero attached hydrogens (tertiary/aromatic N) is 4. The van der Waals surface area contributed by atoms with E-state index in [4.69, 9.17) is 5.73 Å². The van der Waals surface area contributed by atoms with Crippen molar-refractivity contribution in [2.24, 2.45) is 18.7 Å². The Hall–Kier alpha value is -1.89. The Morgan fingerprint density at radius 1 is 1.23 bits per heavy atom. The molecule has 2 aromatic rings. The van der Waals surface area contributed by atoms with Gasteiger partial charge in [0.25, 0.3) is 5.56 Å². The lowest BCUT2D eigenvalue weighted by atomic mass is 10.1. The minimum atomic E-state index is -0.342. The van der Waals surface area contributed by atoms with Crippen LogP contribution < -0.4 is 17.0 Å². The van der Waals surface area contributed by atoms with Crippen LogP contribution in [0.15, 0.2) is 9.59 Å². The summed E-state index contributed by atoms with van der Waals surface area (Å²) in [5.41, 5.74) is 5.94. The Kier molecular flexibility index (Phi) is 4.55. The van der Waals surface area contributed by atoms with Crippen molar-refractivity contribution in [3.05, 3.63) is 26.7 Å². The fraction of sp³-hybridized carbons (Fsp3) is 0.667. The largest absolute Gasteiger partial charge is 0.333 e. The smallest absolute Gasteiger partial charge is 0.328 e. The van der Waals surface area contributed by atoms with Crippen molar-refractivity contribution in [3.8, 4) is 0 Å². The molecule has 0 bridgehead atoms. The third kappa shape index (κ3) is 2.49. The van der Waals surface area contributed by atoms with Gasteiger partial charge < -0.3 is 10.3 Å². The van der Waals surface area contributed by atoms with Gasteiger partial charge in [-0.25, -0.2) is 9.78 Å². The Labute approximate surface area is 129 Å². The highest BCUT2D eigenvalue weighted by Gasteiger charge is 2.21. The van der Waals surface area contributed by atoms with Gasteiger partial charge in [-0.3, -0.25) is 13.9 Å². The van der Waals surface area contributed by atoms with E-state index in [1.165, 1.54) is 4.57 Å². The molecular formula is C15H25N5O2. The Morgan fingerprint density at radius 2 is 1.86 bits per heavy atom. The summed E-state index contributed by atoms with van der Waals surface area (Å²) in [6.45, 7) is 8.55. The van der Waals surface area contributed by atoms with Crippen molar-refractivity contribution >= 4 is 11.2 Å². The lowest BCUT2D eigenvalue weighted by Crippen LogP contribution is -2.43. The lowest BCUT2D eigenvalue weighted by molar-refractivity contribution is 0.492. The first-order chi connectivity index (χ1) is 10.3. The normalized spacial score (nSPS) is 13.2. The topological polar surface area (TPSA) is 87.8 Å². The van der Waals surface area contributed by atoms with E-state index in [1.54, 1.807) is 11.5 Å².